The average Bonchev–Trinajstić information content (AvgIpc) is 2.46. The molecule has 0 aliphatic heterocycles. The summed E-state index contributed by atoms with van der Waals surface area (Å²) in [6.07, 6.45) is 5.24. The summed E-state index contributed by atoms with van der Waals surface area (Å²) in [7, 11) is 0. The van der Waals surface area contributed by atoms with E-state index in [0.29, 0.717) is 5.56 Å². The zero-order valence-corrected chi connectivity index (χ0v) is 11.2. The van der Waals surface area contributed by atoms with Crippen LogP contribution in [0.15, 0.2) is 42.9 Å². The van der Waals surface area contributed by atoms with E-state index in [0.717, 1.165) is 18.9 Å². The highest BCUT2D eigenvalue weighted by Crippen LogP contribution is 2.15. The molecule has 0 N–H and O–H groups in total. The Kier molecular flexibility index (Phi) is 4.23. The molecule has 0 amide bonds. The molecule has 4 nitrogen and oxygen atoms in total. The molecule has 0 bridgehead atoms. The van der Waals surface area contributed by atoms with E-state index in [9.17, 15) is 4.79 Å². The highest BCUT2D eigenvalue weighted by molar-refractivity contribution is 5.94. The van der Waals surface area contributed by atoms with Gasteiger partial charge < -0.3 is 4.90 Å². The van der Waals surface area contributed by atoms with Gasteiger partial charge in [-0.1, -0.05) is 0 Å². The Labute approximate surface area is 113 Å². The molecule has 0 aliphatic rings. The molecule has 0 saturated heterocycles. The van der Waals surface area contributed by atoms with Gasteiger partial charge in [0.15, 0.2) is 5.78 Å². The molecule has 4 heteroatoms. The minimum atomic E-state index is 0.0589. The largest absolute Gasteiger partial charge is 0.353 e. The molecule has 2 aromatic rings. The maximum Gasteiger partial charge on any atom is 0.159 e. The molecular weight excluding hydrogens is 238 g/mol. The summed E-state index contributed by atoms with van der Waals surface area (Å²) in [5.41, 5.74) is 1.87. The number of nitrogens with zero attached hydrogens (tertiary/aromatic N) is 3. The monoisotopic (exact) mass is 255 g/mol. The molecule has 0 fully saturated rings. The fourth-order valence-electron chi connectivity index (χ4n) is 1.87. The van der Waals surface area contributed by atoms with E-state index in [2.05, 4.69) is 21.8 Å². The first kappa shape index (κ1) is 13.2. The summed E-state index contributed by atoms with van der Waals surface area (Å²) in [5, 5.41) is 0. The maximum absolute atomic E-state index is 11.4. The van der Waals surface area contributed by atoms with Crippen molar-refractivity contribution in [2.75, 3.05) is 11.4 Å². The van der Waals surface area contributed by atoms with Crippen molar-refractivity contribution >= 4 is 11.6 Å². The van der Waals surface area contributed by atoms with Gasteiger partial charge in [0.2, 0.25) is 0 Å². The Hall–Kier alpha value is -2.23. The van der Waals surface area contributed by atoms with Gasteiger partial charge in [0.1, 0.15) is 5.82 Å². The van der Waals surface area contributed by atoms with Gasteiger partial charge in [-0.2, -0.15) is 0 Å². The smallest absolute Gasteiger partial charge is 0.159 e. The van der Waals surface area contributed by atoms with E-state index < -0.39 is 0 Å². The summed E-state index contributed by atoms with van der Waals surface area (Å²) < 4.78 is 0. The first-order valence-electron chi connectivity index (χ1n) is 6.31. The molecular formula is C15H17N3O. The van der Waals surface area contributed by atoms with E-state index in [1.54, 1.807) is 31.6 Å². The van der Waals surface area contributed by atoms with E-state index >= 15 is 0 Å². The number of ketones is 1. The number of pyridine rings is 2. The molecule has 19 heavy (non-hydrogen) atoms. The van der Waals surface area contributed by atoms with Crippen LogP contribution in [0.4, 0.5) is 5.82 Å². The molecule has 0 atom stereocenters. The molecule has 0 saturated carbocycles. The van der Waals surface area contributed by atoms with Crippen molar-refractivity contribution in [2.45, 2.75) is 20.4 Å². The first-order chi connectivity index (χ1) is 9.20. The highest BCUT2D eigenvalue weighted by atomic mass is 16.1. The number of carbonyl (C=O) groups excluding carboxylic acids is 1. The van der Waals surface area contributed by atoms with Crippen LogP contribution in [0, 0.1) is 0 Å². The quantitative estimate of drug-likeness (QED) is 0.771. The standard InChI is InChI=1S/C15H17N3O/c1-3-18(11-13-4-7-16-8-5-13)15-10-14(12(2)19)6-9-17-15/h4-10H,3,11H2,1-2H3. The second-order valence-electron chi connectivity index (χ2n) is 4.33. The molecule has 2 heterocycles. The summed E-state index contributed by atoms with van der Waals surface area (Å²) in [4.78, 5) is 21.9. The van der Waals surface area contributed by atoms with Gasteiger partial charge in [0.05, 0.1) is 0 Å². The van der Waals surface area contributed by atoms with Crippen LogP contribution in [0.5, 0.6) is 0 Å². The number of aromatic nitrogens is 2. The first-order valence-corrected chi connectivity index (χ1v) is 6.31. The number of hydrogen-bond donors (Lipinski definition) is 0. The maximum atomic E-state index is 11.4. The van der Waals surface area contributed by atoms with Crippen LogP contribution in [-0.2, 0) is 6.54 Å². The van der Waals surface area contributed by atoms with Crippen molar-refractivity contribution in [3.63, 3.8) is 0 Å². The van der Waals surface area contributed by atoms with Gasteiger partial charge in [-0.25, -0.2) is 4.98 Å². The second kappa shape index (κ2) is 6.09. The van der Waals surface area contributed by atoms with Crippen LogP contribution in [-0.4, -0.2) is 22.3 Å². The zero-order chi connectivity index (χ0) is 13.7. The van der Waals surface area contributed by atoms with Crippen LogP contribution < -0.4 is 4.90 Å². The van der Waals surface area contributed by atoms with Crippen LogP contribution in [0.2, 0.25) is 0 Å². The van der Waals surface area contributed by atoms with Crippen LogP contribution in [0.1, 0.15) is 29.8 Å². The van der Waals surface area contributed by atoms with Gasteiger partial charge in [-0.05, 0) is 43.7 Å². The SMILES string of the molecule is CCN(Cc1ccncc1)c1cc(C(C)=O)ccn1. The minimum Gasteiger partial charge on any atom is -0.353 e. The van der Waals surface area contributed by atoms with Gasteiger partial charge in [0, 0.05) is 37.2 Å². The van der Waals surface area contributed by atoms with Crippen LogP contribution >= 0.6 is 0 Å². The zero-order valence-electron chi connectivity index (χ0n) is 11.2. The third-order valence-electron chi connectivity index (χ3n) is 2.98. The Balaban J connectivity index is 2.22. The number of anilines is 1. The number of rotatable bonds is 5. The van der Waals surface area contributed by atoms with Crippen molar-refractivity contribution in [2.24, 2.45) is 0 Å². The molecule has 0 aliphatic carbocycles. The Morgan fingerprint density at radius 3 is 2.58 bits per heavy atom. The average molecular weight is 255 g/mol. The molecule has 0 spiro atoms. The Morgan fingerprint density at radius 1 is 1.21 bits per heavy atom. The molecule has 2 aromatic heterocycles. The summed E-state index contributed by atoms with van der Waals surface area (Å²) in [6, 6.07) is 7.55. The number of carbonyl (C=O) groups is 1. The third-order valence-corrected chi connectivity index (χ3v) is 2.98. The van der Waals surface area contributed by atoms with Crippen molar-refractivity contribution < 1.29 is 4.79 Å². The topological polar surface area (TPSA) is 46.1 Å². The molecule has 2 rings (SSSR count). The van der Waals surface area contributed by atoms with E-state index in [4.69, 9.17) is 0 Å². The third kappa shape index (κ3) is 3.37. The molecule has 98 valence electrons. The lowest BCUT2D eigenvalue weighted by atomic mass is 10.2. The van der Waals surface area contributed by atoms with E-state index in [1.165, 1.54) is 5.56 Å². The predicted molar refractivity (Wildman–Crippen MR) is 75.2 cm³/mol. The number of hydrogen-bond acceptors (Lipinski definition) is 4. The fourth-order valence-corrected chi connectivity index (χ4v) is 1.87. The van der Waals surface area contributed by atoms with Crippen molar-refractivity contribution in [3.8, 4) is 0 Å². The highest BCUT2D eigenvalue weighted by Gasteiger charge is 2.09. The van der Waals surface area contributed by atoms with Crippen LogP contribution in [0.25, 0.3) is 0 Å². The normalized spacial score (nSPS) is 10.2. The lowest BCUT2D eigenvalue weighted by Crippen LogP contribution is -2.23. The van der Waals surface area contributed by atoms with Crippen molar-refractivity contribution in [1.82, 2.24) is 9.97 Å². The summed E-state index contributed by atoms with van der Waals surface area (Å²) in [5.74, 6) is 0.885. The fraction of sp³-hybridized carbons (Fsp3) is 0.267. The number of Topliss-reactive ketones (excluding diaryl/α,β-unsaturated/α-hetero) is 1. The van der Waals surface area contributed by atoms with Crippen molar-refractivity contribution in [3.05, 3.63) is 54.0 Å². The molecule has 0 aromatic carbocycles. The van der Waals surface area contributed by atoms with Gasteiger partial charge >= 0.3 is 0 Å². The molecule has 0 radical (unpaired) electrons. The van der Waals surface area contributed by atoms with Crippen molar-refractivity contribution in [1.29, 1.82) is 0 Å². The Morgan fingerprint density at radius 2 is 1.95 bits per heavy atom. The van der Waals surface area contributed by atoms with E-state index in [1.807, 2.05) is 18.2 Å². The van der Waals surface area contributed by atoms with Gasteiger partial charge in [-0.15, -0.1) is 0 Å². The van der Waals surface area contributed by atoms with Gasteiger partial charge in [0.25, 0.3) is 0 Å². The summed E-state index contributed by atoms with van der Waals surface area (Å²) >= 11 is 0. The lowest BCUT2D eigenvalue weighted by molar-refractivity contribution is 0.101. The van der Waals surface area contributed by atoms with Crippen LogP contribution in [0.3, 0.4) is 0 Å². The molecule has 0 unspecified atom stereocenters. The lowest BCUT2D eigenvalue weighted by Gasteiger charge is -2.22. The van der Waals surface area contributed by atoms with Gasteiger partial charge in [-0.3, -0.25) is 9.78 Å². The second-order valence-corrected chi connectivity index (χ2v) is 4.33. The minimum absolute atomic E-state index is 0.0589. The summed E-state index contributed by atoms with van der Waals surface area (Å²) in [6.45, 7) is 5.23. The van der Waals surface area contributed by atoms with E-state index in [-0.39, 0.29) is 5.78 Å². The predicted octanol–water partition coefficient (Wildman–Crippen LogP) is 2.71. The Bertz CT molecular complexity index is 554.